The van der Waals surface area contributed by atoms with E-state index in [9.17, 15) is 8.42 Å². The Morgan fingerprint density at radius 2 is 1.82 bits per heavy atom. The van der Waals surface area contributed by atoms with Crippen LogP contribution in [0.15, 0.2) is 29.2 Å². The summed E-state index contributed by atoms with van der Waals surface area (Å²) in [5.74, 6) is 0. The molecular weight excluding hydrogens is 324 g/mol. The lowest BCUT2D eigenvalue weighted by atomic mass is 10.1. The van der Waals surface area contributed by atoms with Crippen LogP contribution >= 0.6 is 11.6 Å². The predicted octanol–water partition coefficient (Wildman–Crippen LogP) is 2.07. The van der Waals surface area contributed by atoms with E-state index in [1.54, 1.807) is 24.3 Å². The minimum absolute atomic E-state index is 0.150. The number of benzene rings is 1. The van der Waals surface area contributed by atoms with Crippen molar-refractivity contribution in [2.24, 2.45) is 0 Å². The van der Waals surface area contributed by atoms with Crippen molar-refractivity contribution in [1.82, 2.24) is 9.21 Å². The van der Waals surface area contributed by atoms with Crippen molar-refractivity contribution in [1.29, 1.82) is 0 Å². The van der Waals surface area contributed by atoms with Crippen LogP contribution in [0, 0.1) is 0 Å². The first-order valence-electron chi connectivity index (χ1n) is 7.41. The summed E-state index contributed by atoms with van der Waals surface area (Å²) in [6.07, 6.45) is 1.62. The zero-order valence-corrected chi connectivity index (χ0v) is 14.6. The number of rotatable bonds is 6. The molecule has 22 heavy (non-hydrogen) atoms. The zero-order chi connectivity index (χ0) is 16.2. The van der Waals surface area contributed by atoms with E-state index < -0.39 is 10.0 Å². The number of hydrogen-bond donors (Lipinski definition) is 0. The Bertz CT molecular complexity index is 567. The molecule has 1 saturated heterocycles. The van der Waals surface area contributed by atoms with Gasteiger partial charge >= 0.3 is 0 Å². The molecule has 0 aromatic heterocycles. The lowest BCUT2D eigenvalue weighted by Gasteiger charge is -2.31. The number of hydrogen-bond acceptors (Lipinski definition) is 4. The molecule has 5 nitrogen and oxygen atoms in total. The monoisotopic (exact) mass is 346 g/mol. The first-order chi connectivity index (χ1) is 10.4. The molecule has 0 bridgehead atoms. The third-order valence-corrected chi connectivity index (χ3v) is 5.91. The van der Waals surface area contributed by atoms with E-state index in [0.29, 0.717) is 29.6 Å². The van der Waals surface area contributed by atoms with Gasteiger partial charge in [0.2, 0.25) is 10.0 Å². The molecule has 0 unspecified atom stereocenters. The van der Waals surface area contributed by atoms with Gasteiger partial charge < -0.3 is 9.64 Å². The highest BCUT2D eigenvalue weighted by Gasteiger charge is 2.29. The van der Waals surface area contributed by atoms with Crippen LogP contribution in [0.1, 0.15) is 12.8 Å². The molecule has 1 aliphatic rings. The lowest BCUT2D eigenvalue weighted by molar-refractivity contribution is 0.0149. The first kappa shape index (κ1) is 17.7. The third-order valence-electron chi connectivity index (χ3n) is 3.74. The summed E-state index contributed by atoms with van der Waals surface area (Å²) in [6, 6.07) is 6.31. The average molecular weight is 347 g/mol. The number of piperidine rings is 1. The Labute approximate surface area is 137 Å². The van der Waals surface area contributed by atoms with Crippen LogP contribution in [0.4, 0.5) is 0 Å². The predicted molar refractivity (Wildman–Crippen MR) is 87.7 cm³/mol. The summed E-state index contributed by atoms with van der Waals surface area (Å²) < 4.78 is 32.4. The third kappa shape index (κ3) is 4.67. The average Bonchev–Trinajstić information content (AvgIpc) is 2.48. The van der Waals surface area contributed by atoms with Crippen LogP contribution in [-0.2, 0) is 14.8 Å². The second-order valence-electron chi connectivity index (χ2n) is 5.73. The molecule has 124 valence electrons. The molecule has 0 radical (unpaired) electrons. The quantitative estimate of drug-likeness (QED) is 0.791. The standard InChI is InChI=1S/C15H23ClN2O3S/c1-17(2)11-12-21-14-7-9-18(10-8-14)22(19,20)15-5-3-13(16)4-6-15/h3-6,14H,7-12H2,1-2H3. The highest BCUT2D eigenvalue weighted by atomic mass is 35.5. The van der Waals surface area contributed by atoms with Crippen molar-refractivity contribution in [3.8, 4) is 0 Å². The molecular formula is C15H23ClN2O3S. The van der Waals surface area contributed by atoms with Gasteiger partial charge in [-0.15, -0.1) is 0 Å². The van der Waals surface area contributed by atoms with Gasteiger partial charge in [-0.3, -0.25) is 0 Å². The number of halogens is 1. The molecule has 1 aromatic rings. The fraction of sp³-hybridized carbons (Fsp3) is 0.600. The maximum absolute atomic E-state index is 12.5. The number of ether oxygens (including phenoxy) is 1. The zero-order valence-electron chi connectivity index (χ0n) is 13.0. The van der Waals surface area contributed by atoms with E-state index >= 15 is 0 Å². The second-order valence-corrected chi connectivity index (χ2v) is 8.11. The van der Waals surface area contributed by atoms with Gasteiger partial charge in [-0.2, -0.15) is 4.31 Å². The lowest BCUT2D eigenvalue weighted by Crippen LogP contribution is -2.41. The number of sulfonamides is 1. The van der Waals surface area contributed by atoms with Crippen molar-refractivity contribution in [2.45, 2.75) is 23.8 Å². The highest BCUT2D eigenvalue weighted by Crippen LogP contribution is 2.23. The topological polar surface area (TPSA) is 49.9 Å². The first-order valence-corrected chi connectivity index (χ1v) is 9.23. The summed E-state index contributed by atoms with van der Waals surface area (Å²) in [4.78, 5) is 2.36. The number of likely N-dealkylation sites (N-methyl/N-ethyl adjacent to an activating group) is 1. The molecule has 1 heterocycles. The Balaban J connectivity index is 1.89. The molecule has 1 aromatic carbocycles. The largest absolute Gasteiger partial charge is 0.377 e. The van der Waals surface area contributed by atoms with Gasteiger partial charge in [-0.1, -0.05) is 11.6 Å². The minimum atomic E-state index is -3.43. The second kappa shape index (κ2) is 7.75. The summed E-state index contributed by atoms with van der Waals surface area (Å²) >= 11 is 5.81. The molecule has 7 heteroatoms. The summed E-state index contributed by atoms with van der Waals surface area (Å²) in [7, 11) is 0.584. The van der Waals surface area contributed by atoms with E-state index in [-0.39, 0.29) is 6.10 Å². The van der Waals surface area contributed by atoms with E-state index in [0.717, 1.165) is 19.4 Å². The van der Waals surface area contributed by atoms with Gasteiger partial charge in [-0.25, -0.2) is 8.42 Å². The van der Waals surface area contributed by atoms with Gasteiger partial charge in [0, 0.05) is 24.7 Å². The molecule has 0 aliphatic carbocycles. The smallest absolute Gasteiger partial charge is 0.243 e. The van der Waals surface area contributed by atoms with Crippen LogP contribution in [0.25, 0.3) is 0 Å². The summed E-state index contributed by atoms with van der Waals surface area (Å²) in [5.41, 5.74) is 0. The molecule has 0 atom stereocenters. The van der Waals surface area contributed by atoms with Crippen molar-refractivity contribution >= 4 is 21.6 Å². The van der Waals surface area contributed by atoms with E-state index in [2.05, 4.69) is 4.90 Å². The van der Waals surface area contributed by atoms with E-state index in [4.69, 9.17) is 16.3 Å². The van der Waals surface area contributed by atoms with Gasteiger partial charge in [0.15, 0.2) is 0 Å². The van der Waals surface area contributed by atoms with Crippen LogP contribution < -0.4 is 0 Å². The Morgan fingerprint density at radius 3 is 2.36 bits per heavy atom. The van der Waals surface area contributed by atoms with E-state index in [1.165, 1.54) is 4.31 Å². The summed E-state index contributed by atoms with van der Waals surface area (Å²) in [6.45, 7) is 2.56. The Morgan fingerprint density at radius 1 is 1.23 bits per heavy atom. The van der Waals surface area contributed by atoms with Gasteiger partial charge in [-0.05, 0) is 51.2 Å². The van der Waals surface area contributed by atoms with E-state index in [1.807, 2.05) is 14.1 Å². The van der Waals surface area contributed by atoms with Gasteiger partial charge in [0.1, 0.15) is 0 Å². The minimum Gasteiger partial charge on any atom is -0.377 e. The number of nitrogens with zero attached hydrogens (tertiary/aromatic N) is 2. The summed E-state index contributed by atoms with van der Waals surface area (Å²) in [5, 5.41) is 0.534. The SMILES string of the molecule is CN(C)CCOC1CCN(S(=O)(=O)c2ccc(Cl)cc2)CC1. The normalized spacial score (nSPS) is 18.0. The Hall–Kier alpha value is -0.660. The highest BCUT2D eigenvalue weighted by molar-refractivity contribution is 7.89. The molecule has 2 rings (SSSR count). The van der Waals surface area contributed by atoms with Crippen molar-refractivity contribution in [3.05, 3.63) is 29.3 Å². The van der Waals surface area contributed by atoms with Gasteiger partial charge in [0.25, 0.3) is 0 Å². The molecule has 0 N–H and O–H groups in total. The van der Waals surface area contributed by atoms with Crippen LogP contribution in [0.3, 0.4) is 0 Å². The molecule has 0 saturated carbocycles. The Kier molecular flexibility index (Phi) is 6.23. The maximum Gasteiger partial charge on any atom is 0.243 e. The van der Waals surface area contributed by atoms with Gasteiger partial charge in [0.05, 0.1) is 17.6 Å². The molecule has 0 spiro atoms. The molecule has 0 amide bonds. The maximum atomic E-state index is 12.5. The molecule has 1 aliphatic heterocycles. The van der Waals surface area contributed by atoms with Crippen molar-refractivity contribution in [2.75, 3.05) is 40.3 Å². The van der Waals surface area contributed by atoms with Crippen molar-refractivity contribution < 1.29 is 13.2 Å². The van der Waals surface area contributed by atoms with Crippen LogP contribution in [0.2, 0.25) is 5.02 Å². The van der Waals surface area contributed by atoms with Crippen molar-refractivity contribution in [3.63, 3.8) is 0 Å². The fourth-order valence-corrected chi connectivity index (χ4v) is 3.99. The fourth-order valence-electron chi connectivity index (χ4n) is 2.40. The molecule has 1 fully saturated rings. The van der Waals surface area contributed by atoms with Crippen LogP contribution in [-0.4, -0.2) is 64.1 Å². The van der Waals surface area contributed by atoms with Crippen LogP contribution in [0.5, 0.6) is 0 Å².